The van der Waals surface area contributed by atoms with Crippen LogP contribution in [0.25, 0.3) is 0 Å². The minimum atomic E-state index is -0.234. The van der Waals surface area contributed by atoms with Crippen molar-refractivity contribution in [2.24, 2.45) is 5.10 Å². The van der Waals surface area contributed by atoms with E-state index in [-0.39, 0.29) is 17.6 Å². The van der Waals surface area contributed by atoms with Gasteiger partial charge in [-0.3, -0.25) is 24.7 Å². The molecule has 1 fully saturated rings. The van der Waals surface area contributed by atoms with Crippen molar-refractivity contribution >= 4 is 17.2 Å². The van der Waals surface area contributed by atoms with Gasteiger partial charge in [0.25, 0.3) is 0 Å². The number of likely N-dealkylation sites (tertiary alicyclic amines) is 1. The first kappa shape index (κ1) is 27.8. The fraction of sp³-hybridized carbons (Fsp3) is 0.250. The Labute approximate surface area is 229 Å². The van der Waals surface area contributed by atoms with Crippen LogP contribution in [0.4, 0.5) is 10.1 Å². The normalized spacial score (nSPS) is 14.3. The average molecular weight is 524 g/mol. The van der Waals surface area contributed by atoms with Crippen LogP contribution in [0.15, 0.2) is 108 Å². The number of benzene rings is 2. The van der Waals surface area contributed by atoms with E-state index in [1.165, 1.54) is 24.6 Å². The third-order valence-electron chi connectivity index (χ3n) is 6.56. The Morgan fingerprint density at radius 3 is 1.97 bits per heavy atom. The maximum Gasteiger partial charge on any atom is 0.178 e. The summed E-state index contributed by atoms with van der Waals surface area (Å²) in [5.74, 6) is -0.225. The van der Waals surface area contributed by atoms with Crippen LogP contribution in [0.2, 0.25) is 0 Å². The number of Topliss-reactive ketones (excluding diaryl/α,β-unsaturated/α-hetero) is 1. The maximum atomic E-state index is 13.5. The predicted octanol–water partition coefficient (Wildman–Crippen LogP) is 6.40. The molecule has 0 saturated carbocycles. The van der Waals surface area contributed by atoms with E-state index in [0.29, 0.717) is 5.69 Å². The van der Waals surface area contributed by atoms with E-state index in [9.17, 15) is 9.18 Å². The van der Waals surface area contributed by atoms with Crippen molar-refractivity contribution < 1.29 is 9.18 Å². The third kappa shape index (κ3) is 8.38. The second kappa shape index (κ2) is 14.1. The Balaban J connectivity index is 0.000000333. The molecular formula is C32H34FN5O. The van der Waals surface area contributed by atoms with Gasteiger partial charge in [-0.05, 0) is 73.9 Å². The number of aromatic nitrogens is 2. The Morgan fingerprint density at radius 2 is 1.44 bits per heavy atom. The summed E-state index contributed by atoms with van der Waals surface area (Å²) in [7, 11) is 0. The number of hydrogen-bond acceptors (Lipinski definition) is 6. The highest BCUT2D eigenvalue weighted by Gasteiger charge is 2.25. The highest BCUT2D eigenvalue weighted by atomic mass is 19.1. The molecule has 7 heteroatoms. The van der Waals surface area contributed by atoms with Crippen molar-refractivity contribution in [3.63, 3.8) is 0 Å². The molecule has 2 aromatic heterocycles. The minimum absolute atomic E-state index is 0.00981. The lowest BCUT2D eigenvalue weighted by atomic mass is 10.0. The van der Waals surface area contributed by atoms with Crippen LogP contribution in [-0.4, -0.2) is 45.5 Å². The van der Waals surface area contributed by atoms with E-state index in [0.717, 1.165) is 49.6 Å². The van der Waals surface area contributed by atoms with Crippen LogP contribution in [0.5, 0.6) is 0 Å². The SMILES string of the molecule is C/C(=N/N(c1ccc(F)cc1)C1CCN(Cc2ccccc2)CC1)c1ccccn1.CC(=O)c1ccccn1. The van der Waals surface area contributed by atoms with Crippen molar-refractivity contribution in [1.82, 2.24) is 14.9 Å². The summed E-state index contributed by atoms with van der Waals surface area (Å²) in [6, 6.07) is 28.6. The molecule has 0 bridgehead atoms. The summed E-state index contributed by atoms with van der Waals surface area (Å²) in [6.45, 7) is 6.47. The van der Waals surface area contributed by atoms with Crippen molar-refractivity contribution in [2.75, 3.05) is 18.1 Å². The number of hydrogen-bond donors (Lipinski definition) is 0. The molecule has 0 unspecified atom stereocenters. The van der Waals surface area contributed by atoms with Gasteiger partial charge in [0.2, 0.25) is 0 Å². The number of carbonyl (C=O) groups excluding carboxylic acids is 1. The molecule has 0 N–H and O–H groups in total. The summed E-state index contributed by atoms with van der Waals surface area (Å²) in [5, 5.41) is 6.98. The molecule has 0 amide bonds. The fourth-order valence-electron chi connectivity index (χ4n) is 4.47. The van der Waals surface area contributed by atoms with E-state index in [4.69, 9.17) is 5.10 Å². The Morgan fingerprint density at radius 1 is 0.846 bits per heavy atom. The summed E-state index contributed by atoms with van der Waals surface area (Å²) >= 11 is 0. The van der Waals surface area contributed by atoms with E-state index in [2.05, 4.69) is 50.2 Å². The second-order valence-corrected chi connectivity index (χ2v) is 9.49. The van der Waals surface area contributed by atoms with Crippen LogP contribution in [-0.2, 0) is 6.54 Å². The molecule has 0 radical (unpaired) electrons. The smallest absolute Gasteiger partial charge is 0.178 e. The lowest BCUT2D eigenvalue weighted by Gasteiger charge is -2.37. The van der Waals surface area contributed by atoms with Crippen LogP contribution >= 0.6 is 0 Å². The molecule has 1 saturated heterocycles. The fourth-order valence-corrected chi connectivity index (χ4v) is 4.47. The van der Waals surface area contributed by atoms with E-state index < -0.39 is 0 Å². The number of pyridine rings is 2. The number of nitrogens with zero attached hydrogens (tertiary/aromatic N) is 5. The van der Waals surface area contributed by atoms with Crippen molar-refractivity contribution in [3.05, 3.63) is 126 Å². The standard InChI is InChI=1S/C25H27FN4.C7H7NO/c1-20(25-9-5-6-16-27-25)28-30(23-12-10-22(26)11-13-23)24-14-17-29(18-15-24)19-21-7-3-2-4-8-21;1-6(9)7-4-2-3-5-8-7/h2-13,16,24H,14-15,17-19H2,1H3;2-5H,1H3/b28-20-;. The van der Waals surface area contributed by atoms with E-state index in [1.807, 2.05) is 25.1 Å². The zero-order valence-electron chi connectivity index (χ0n) is 22.5. The molecule has 3 heterocycles. The number of carbonyl (C=O) groups is 1. The number of halogens is 1. The van der Waals surface area contributed by atoms with E-state index >= 15 is 0 Å². The Kier molecular flexibility index (Phi) is 10.0. The van der Waals surface area contributed by atoms with Gasteiger partial charge < -0.3 is 0 Å². The van der Waals surface area contributed by atoms with E-state index in [1.54, 1.807) is 42.7 Å². The van der Waals surface area contributed by atoms with Gasteiger partial charge in [0, 0.05) is 39.0 Å². The van der Waals surface area contributed by atoms with Gasteiger partial charge in [-0.1, -0.05) is 42.5 Å². The van der Waals surface area contributed by atoms with Gasteiger partial charge >= 0.3 is 0 Å². The lowest BCUT2D eigenvalue weighted by Crippen LogP contribution is -2.43. The van der Waals surface area contributed by atoms with Gasteiger partial charge in [0.15, 0.2) is 5.78 Å². The first-order valence-corrected chi connectivity index (χ1v) is 13.2. The monoisotopic (exact) mass is 523 g/mol. The van der Waals surface area contributed by atoms with Gasteiger partial charge in [-0.25, -0.2) is 4.39 Å². The predicted molar refractivity (Wildman–Crippen MR) is 154 cm³/mol. The molecule has 39 heavy (non-hydrogen) atoms. The number of rotatable bonds is 7. The molecule has 1 aliphatic heterocycles. The van der Waals surface area contributed by atoms with Crippen LogP contribution in [0.1, 0.15) is 48.4 Å². The first-order valence-electron chi connectivity index (χ1n) is 13.2. The molecule has 200 valence electrons. The molecule has 2 aromatic carbocycles. The van der Waals surface area contributed by atoms with Crippen molar-refractivity contribution in [3.8, 4) is 0 Å². The van der Waals surface area contributed by atoms with Gasteiger partial charge in [-0.15, -0.1) is 0 Å². The molecule has 0 spiro atoms. The number of anilines is 1. The third-order valence-corrected chi connectivity index (χ3v) is 6.56. The van der Waals surface area contributed by atoms with Gasteiger partial charge in [0.1, 0.15) is 11.5 Å². The molecule has 0 atom stereocenters. The maximum absolute atomic E-state index is 13.5. The highest BCUT2D eigenvalue weighted by molar-refractivity contribution is 5.97. The molecule has 1 aliphatic rings. The zero-order chi connectivity index (χ0) is 27.5. The Hall–Kier alpha value is -4.23. The lowest BCUT2D eigenvalue weighted by molar-refractivity contribution is 0.101. The topological polar surface area (TPSA) is 61.7 Å². The largest absolute Gasteiger partial charge is 0.299 e. The van der Waals surface area contributed by atoms with Crippen LogP contribution in [0, 0.1) is 5.82 Å². The zero-order valence-corrected chi connectivity index (χ0v) is 22.5. The summed E-state index contributed by atoms with van der Waals surface area (Å²) in [6.07, 6.45) is 5.39. The summed E-state index contributed by atoms with van der Waals surface area (Å²) in [4.78, 5) is 21.3. The number of hydrazone groups is 1. The minimum Gasteiger partial charge on any atom is -0.299 e. The van der Waals surface area contributed by atoms with Crippen molar-refractivity contribution in [1.29, 1.82) is 0 Å². The van der Waals surface area contributed by atoms with Crippen LogP contribution < -0.4 is 5.01 Å². The molecule has 6 nitrogen and oxygen atoms in total. The second-order valence-electron chi connectivity index (χ2n) is 9.49. The average Bonchev–Trinajstić information content (AvgIpc) is 2.99. The van der Waals surface area contributed by atoms with Crippen molar-refractivity contribution in [2.45, 2.75) is 39.3 Å². The number of ketones is 1. The summed E-state index contributed by atoms with van der Waals surface area (Å²) in [5.41, 5.74) is 4.49. The Bertz CT molecular complexity index is 1320. The molecule has 0 aliphatic carbocycles. The summed E-state index contributed by atoms with van der Waals surface area (Å²) < 4.78 is 13.5. The van der Waals surface area contributed by atoms with Crippen LogP contribution in [0.3, 0.4) is 0 Å². The molecular weight excluding hydrogens is 489 g/mol. The highest BCUT2D eigenvalue weighted by Crippen LogP contribution is 2.26. The first-order chi connectivity index (χ1) is 19.0. The molecule has 4 aromatic rings. The quantitative estimate of drug-likeness (QED) is 0.159. The number of piperidine rings is 1. The van der Waals surface area contributed by atoms with Gasteiger partial charge in [-0.2, -0.15) is 5.10 Å². The molecule has 5 rings (SSSR count). The van der Waals surface area contributed by atoms with Gasteiger partial charge in [0.05, 0.1) is 23.1 Å².